The quantitative estimate of drug-likeness (QED) is 0.648. The van der Waals surface area contributed by atoms with E-state index in [1.54, 1.807) is 0 Å². The number of benzene rings is 1. The highest BCUT2D eigenvalue weighted by Crippen LogP contribution is 2.13. The molecule has 0 fully saturated rings. The van der Waals surface area contributed by atoms with Crippen molar-refractivity contribution in [1.29, 1.82) is 0 Å². The minimum Gasteiger partial charge on any atom is -0.0508 e. The number of hydrogen-bond acceptors (Lipinski definition) is 0. The van der Waals surface area contributed by atoms with Crippen LogP contribution in [0.3, 0.4) is 0 Å². The van der Waals surface area contributed by atoms with Gasteiger partial charge in [0.15, 0.2) is 0 Å². The van der Waals surface area contributed by atoms with Gasteiger partial charge in [-0.05, 0) is 24.3 Å². The van der Waals surface area contributed by atoms with E-state index in [-0.39, 0.29) is 0 Å². The van der Waals surface area contributed by atoms with Crippen LogP contribution >= 0.6 is 31.9 Å². The van der Waals surface area contributed by atoms with Crippen molar-refractivity contribution in [3.8, 4) is 0 Å². The number of hydrogen-bond donors (Lipinski definition) is 0. The predicted molar refractivity (Wildman–Crippen MR) is 40.7 cm³/mol. The second kappa shape index (κ2) is 2.65. The van der Waals surface area contributed by atoms with Gasteiger partial charge in [-0.15, -0.1) is 0 Å². The molecule has 0 unspecified atom stereocenters. The average molecular weight is 235 g/mol. The third-order valence-corrected chi connectivity index (χ3v) is 1.72. The summed E-state index contributed by atoms with van der Waals surface area (Å²) in [6.45, 7) is 0. The Morgan fingerprint density at radius 2 is 2.00 bits per heavy atom. The maximum atomic E-state index is 3.29. The molecule has 0 aliphatic heterocycles. The maximum absolute atomic E-state index is 3.29. The number of halogens is 2. The molecule has 0 aliphatic carbocycles. The molecule has 1 radical (unpaired) electrons. The molecule has 0 aliphatic rings. The Morgan fingerprint density at radius 1 is 1.25 bits per heavy atom. The predicted octanol–water partition coefficient (Wildman–Crippen LogP) is 3.01. The van der Waals surface area contributed by atoms with Gasteiger partial charge >= 0.3 is 0 Å². The second-order valence-electron chi connectivity index (χ2n) is 1.35. The van der Waals surface area contributed by atoms with E-state index in [0.717, 1.165) is 8.95 Å². The summed E-state index contributed by atoms with van der Waals surface area (Å²) in [5.74, 6) is 0. The molecular formula is C6H3Br2. The zero-order valence-corrected chi connectivity index (χ0v) is 7.16. The molecule has 1 aromatic rings. The van der Waals surface area contributed by atoms with Gasteiger partial charge in [0.05, 0.1) is 0 Å². The summed E-state index contributed by atoms with van der Waals surface area (Å²) in [5.41, 5.74) is 0. The topological polar surface area (TPSA) is 0 Å². The van der Waals surface area contributed by atoms with Gasteiger partial charge in [0.25, 0.3) is 0 Å². The lowest BCUT2D eigenvalue weighted by Gasteiger charge is -1.86. The monoisotopic (exact) mass is 233 g/mol. The fourth-order valence-electron chi connectivity index (χ4n) is 0.387. The molecule has 1 rings (SSSR count). The van der Waals surface area contributed by atoms with Crippen LogP contribution in [0.5, 0.6) is 0 Å². The highest BCUT2D eigenvalue weighted by atomic mass is 79.9. The van der Waals surface area contributed by atoms with Gasteiger partial charge in [0.2, 0.25) is 0 Å². The summed E-state index contributed by atoms with van der Waals surface area (Å²) in [7, 11) is 0. The molecule has 0 aromatic heterocycles. The van der Waals surface area contributed by atoms with Gasteiger partial charge in [-0.25, -0.2) is 0 Å². The molecule has 0 saturated heterocycles. The van der Waals surface area contributed by atoms with Crippen molar-refractivity contribution in [3.63, 3.8) is 0 Å². The molecule has 41 valence electrons. The van der Waals surface area contributed by atoms with Crippen LogP contribution in [0.4, 0.5) is 0 Å². The summed E-state index contributed by atoms with van der Waals surface area (Å²) in [6, 6.07) is 8.73. The van der Waals surface area contributed by atoms with E-state index in [0.29, 0.717) is 0 Å². The van der Waals surface area contributed by atoms with Crippen molar-refractivity contribution in [2.75, 3.05) is 0 Å². The Kier molecular flexibility index (Phi) is 2.08. The van der Waals surface area contributed by atoms with E-state index in [1.165, 1.54) is 0 Å². The van der Waals surface area contributed by atoms with Crippen molar-refractivity contribution >= 4 is 31.9 Å². The van der Waals surface area contributed by atoms with E-state index in [2.05, 4.69) is 37.9 Å². The Balaban J connectivity index is 3.03. The van der Waals surface area contributed by atoms with E-state index < -0.39 is 0 Å². The Labute approximate surface area is 65.2 Å². The van der Waals surface area contributed by atoms with Crippen LogP contribution in [0.25, 0.3) is 0 Å². The Bertz CT molecular complexity index is 145. The van der Waals surface area contributed by atoms with Crippen molar-refractivity contribution < 1.29 is 0 Å². The largest absolute Gasteiger partial charge is 0.0508 e. The lowest BCUT2D eigenvalue weighted by molar-refractivity contribution is 1.59. The fourth-order valence-corrected chi connectivity index (χ4v) is 0.880. The molecule has 0 spiro atoms. The van der Waals surface area contributed by atoms with Crippen molar-refractivity contribution in [2.45, 2.75) is 0 Å². The SMILES string of the molecule is Brc1[c]cc(Br)cc1. The van der Waals surface area contributed by atoms with Crippen LogP contribution in [-0.2, 0) is 0 Å². The van der Waals surface area contributed by atoms with Crippen LogP contribution in [-0.4, -0.2) is 0 Å². The van der Waals surface area contributed by atoms with E-state index in [9.17, 15) is 0 Å². The molecule has 0 N–H and O–H groups in total. The standard InChI is InChI=1S/C6H3Br2/c7-5-1-2-6(8)4-3-5/h1-3H. The highest BCUT2D eigenvalue weighted by molar-refractivity contribution is 9.11. The lowest BCUT2D eigenvalue weighted by Crippen LogP contribution is -1.62. The first-order valence-corrected chi connectivity index (χ1v) is 3.70. The maximum Gasteiger partial charge on any atom is 0.0254 e. The van der Waals surface area contributed by atoms with Crippen LogP contribution in [0.15, 0.2) is 27.1 Å². The van der Waals surface area contributed by atoms with Crippen molar-refractivity contribution in [1.82, 2.24) is 0 Å². The van der Waals surface area contributed by atoms with Crippen molar-refractivity contribution in [3.05, 3.63) is 33.2 Å². The van der Waals surface area contributed by atoms with Crippen LogP contribution < -0.4 is 0 Å². The zero-order chi connectivity index (χ0) is 5.98. The smallest absolute Gasteiger partial charge is 0.0254 e. The molecule has 0 nitrogen and oxygen atoms in total. The molecule has 0 amide bonds. The van der Waals surface area contributed by atoms with E-state index in [4.69, 9.17) is 0 Å². The second-order valence-corrected chi connectivity index (χ2v) is 3.12. The first-order valence-electron chi connectivity index (χ1n) is 2.12. The summed E-state index contributed by atoms with van der Waals surface area (Å²) >= 11 is 6.56. The van der Waals surface area contributed by atoms with Gasteiger partial charge in [-0.1, -0.05) is 31.9 Å². The normalized spacial score (nSPS) is 9.25. The highest BCUT2D eigenvalue weighted by Gasteiger charge is 1.83. The average Bonchev–Trinajstić information content (AvgIpc) is 1.77. The van der Waals surface area contributed by atoms with Gasteiger partial charge < -0.3 is 0 Å². The minimum absolute atomic E-state index is 0.987. The van der Waals surface area contributed by atoms with Gasteiger partial charge in [0.1, 0.15) is 0 Å². The summed E-state index contributed by atoms with van der Waals surface area (Å²) < 4.78 is 2.04. The lowest BCUT2D eigenvalue weighted by atomic mass is 10.4. The molecule has 0 bridgehead atoms. The Hall–Kier alpha value is 0.180. The molecular weight excluding hydrogens is 232 g/mol. The Morgan fingerprint density at radius 3 is 2.38 bits per heavy atom. The molecule has 8 heavy (non-hydrogen) atoms. The van der Waals surface area contributed by atoms with Gasteiger partial charge in [-0.2, -0.15) is 0 Å². The van der Waals surface area contributed by atoms with Crippen LogP contribution in [0, 0.1) is 6.07 Å². The zero-order valence-electron chi connectivity index (χ0n) is 3.99. The molecule has 2 heteroatoms. The molecule has 0 saturated carbocycles. The van der Waals surface area contributed by atoms with Crippen LogP contribution in [0.2, 0.25) is 0 Å². The van der Waals surface area contributed by atoms with Gasteiger partial charge in [-0.3, -0.25) is 0 Å². The summed E-state index contributed by atoms with van der Waals surface area (Å²) in [5, 5.41) is 0. The fraction of sp³-hybridized carbons (Fsp3) is 0. The number of rotatable bonds is 0. The first kappa shape index (κ1) is 6.30. The molecule has 0 atom stereocenters. The summed E-state index contributed by atoms with van der Waals surface area (Å²) in [4.78, 5) is 0. The van der Waals surface area contributed by atoms with Crippen LogP contribution in [0.1, 0.15) is 0 Å². The van der Waals surface area contributed by atoms with Crippen molar-refractivity contribution in [2.24, 2.45) is 0 Å². The molecule has 1 aromatic carbocycles. The summed E-state index contributed by atoms with van der Waals surface area (Å²) in [6.07, 6.45) is 0. The molecule has 0 heterocycles. The van der Waals surface area contributed by atoms with Gasteiger partial charge in [0, 0.05) is 8.95 Å². The first-order chi connectivity index (χ1) is 3.79. The van der Waals surface area contributed by atoms with E-state index >= 15 is 0 Å². The van der Waals surface area contributed by atoms with E-state index in [1.807, 2.05) is 18.2 Å². The third-order valence-electron chi connectivity index (χ3n) is 0.737. The third kappa shape index (κ3) is 1.60. The minimum atomic E-state index is 0.987.